The number of carbonyl (C=O) groups is 1. The van der Waals surface area contributed by atoms with Gasteiger partial charge in [0.15, 0.2) is 0 Å². The first kappa shape index (κ1) is 15.3. The first-order valence-electron chi connectivity index (χ1n) is 9.08. The molecule has 7 heteroatoms. The molecule has 1 saturated heterocycles. The molecule has 0 saturated carbocycles. The van der Waals surface area contributed by atoms with Crippen LogP contribution < -0.4 is 4.90 Å². The van der Waals surface area contributed by atoms with Crippen molar-refractivity contribution in [3.8, 4) is 11.1 Å². The van der Waals surface area contributed by atoms with Crippen molar-refractivity contribution in [2.24, 2.45) is 0 Å². The van der Waals surface area contributed by atoms with Gasteiger partial charge in [0.25, 0.3) is 0 Å². The summed E-state index contributed by atoms with van der Waals surface area (Å²) in [6.45, 7) is 4.03. The number of imidazole rings is 1. The van der Waals surface area contributed by atoms with Crippen molar-refractivity contribution < 1.29 is 4.79 Å². The number of anilines is 1. The maximum atomic E-state index is 10.8. The number of benzene rings is 1. The van der Waals surface area contributed by atoms with Gasteiger partial charge in [-0.1, -0.05) is 6.07 Å². The summed E-state index contributed by atoms with van der Waals surface area (Å²) < 4.78 is 2.32. The highest BCUT2D eigenvalue weighted by Crippen LogP contribution is 2.28. The van der Waals surface area contributed by atoms with E-state index in [1.54, 1.807) is 4.90 Å². The van der Waals surface area contributed by atoms with Crippen molar-refractivity contribution in [1.29, 1.82) is 0 Å². The van der Waals surface area contributed by atoms with E-state index in [1.807, 2.05) is 12.4 Å². The van der Waals surface area contributed by atoms with Gasteiger partial charge in [-0.25, -0.2) is 15.0 Å². The van der Waals surface area contributed by atoms with E-state index in [4.69, 9.17) is 4.98 Å². The van der Waals surface area contributed by atoms with Crippen LogP contribution in [0, 0.1) is 0 Å². The zero-order valence-electron chi connectivity index (χ0n) is 14.5. The molecule has 0 unspecified atom stereocenters. The third-order valence-corrected chi connectivity index (χ3v) is 5.33. The number of hydrogen-bond acceptors (Lipinski definition) is 5. The molecule has 1 amide bonds. The highest BCUT2D eigenvalue weighted by atomic mass is 16.1. The largest absolute Gasteiger partial charge is 0.342 e. The Hall–Kier alpha value is -2.96. The number of aromatic nitrogens is 4. The van der Waals surface area contributed by atoms with Crippen molar-refractivity contribution in [2.45, 2.75) is 19.4 Å². The molecule has 2 aliphatic heterocycles. The van der Waals surface area contributed by atoms with E-state index in [1.165, 1.54) is 17.8 Å². The van der Waals surface area contributed by atoms with Gasteiger partial charge in [-0.2, -0.15) is 0 Å². The molecule has 3 aromatic rings. The fourth-order valence-electron chi connectivity index (χ4n) is 3.85. The molecule has 0 aliphatic carbocycles. The minimum absolute atomic E-state index is 0.720. The summed E-state index contributed by atoms with van der Waals surface area (Å²) in [6.07, 6.45) is 6.93. The minimum Gasteiger partial charge on any atom is -0.342 e. The molecule has 0 N–H and O–H groups in total. The molecular formula is C19H20N6O. The van der Waals surface area contributed by atoms with Crippen molar-refractivity contribution in [2.75, 3.05) is 31.1 Å². The molecule has 7 nitrogen and oxygen atoms in total. The summed E-state index contributed by atoms with van der Waals surface area (Å²) in [6, 6.07) is 6.37. The van der Waals surface area contributed by atoms with Crippen LogP contribution in [0.1, 0.15) is 12.2 Å². The Morgan fingerprint density at radius 1 is 0.962 bits per heavy atom. The van der Waals surface area contributed by atoms with E-state index < -0.39 is 0 Å². The summed E-state index contributed by atoms with van der Waals surface area (Å²) in [4.78, 5) is 28.5. The molecular weight excluding hydrogens is 328 g/mol. The number of nitrogens with zero attached hydrogens (tertiary/aromatic N) is 6. The normalized spacial score (nSPS) is 16.9. The number of aryl methyl sites for hydroxylation is 2. The predicted octanol–water partition coefficient (Wildman–Crippen LogP) is 1.72. The van der Waals surface area contributed by atoms with E-state index in [9.17, 15) is 4.79 Å². The fraction of sp³-hybridized carbons (Fsp3) is 0.368. The van der Waals surface area contributed by atoms with Gasteiger partial charge < -0.3 is 14.4 Å². The van der Waals surface area contributed by atoms with Crippen LogP contribution in [0.3, 0.4) is 0 Å². The lowest BCUT2D eigenvalue weighted by Gasteiger charge is -2.32. The van der Waals surface area contributed by atoms with Gasteiger partial charge in [0.2, 0.25) is 12.4 Å². The van der Waals surface area contributed by atoms with E-state index in [0.717, 1.165) is 68.1 Å². The van der Waals surface area contributed by atoms with Crippen LogP contribution in [-0.2, 0) is 17.8 Å². The third kappa shape index (κ3) is 2.51. The summed E-state index contributed by atoms with van der Waals surface area (Å²) in [7, 11) is 0. The Morgan fingerprint density at radius 3 is 2.54 bits per heavy atom. The van der Waals surface area contributed by atoms with E-state index in [0.29, 0.717) is 0 Å². The van der Waals surface area contributed by atoms with E-state index in [-0.39, 0.29) is 0 Å². The molecule has 26 heavy (non-hydrogen) atoms. The first-order valence-corrected chi connectivity index (χ1v) is 9.08. The maximum Gasteiger partial charge on any atom is 0.225 e. The molecule has 0 bridgehead atoms. The van der Waals surface area contributed by atoms with Gasteiger partial charge in [-0.15, -0.1) is 0 Å². The van der Waals surface area contributed by atoms with Crippen LogP contribution >= 0.6 is 0 Å². The highest BCUT2D eigenvalue weighted by Gasteiger charge is 2.18. The zero-order chi connectivity index (χ0) is 17.5. The lowest BCUT2D eigenvalue weighted by Crippen LogP contribution is -2.46. The highest BCUT2D eigenvalue weighted by molar-refractivity contribution is 5.82. The lowest BCUT2D eigenvalue weighted by molar-refractivity contribution is -0.118. The number of carbonyl (C=O) groups excluding carboxylic acids is 1. The number of piperazine rings is 1. The molecule has 0 radical (unpaired) electrons. The molecule has 0 atom stereocenters. The van der Waals surface area contributed by atoms with Gasteiger partial charge >= 0.3 is 0 Å². The predicted molar refractivity (Wildman–Crippen MR) is 98.9 cm³/mol. The van der Waals surface area contributed by atoms with Crippen molar-refractivity contribution in [1.82, 2.24) is 24.4 Å². The van der Waals surface area contributed by atoms with Crippen LogP contribution in [-0.4, -0.2) is 57.0 Å². The maximum absolute atomic E-state index is 10.8. The number of hydrogen-bond donors (Lipinski definition) is 0. The van der Waals surface area contributed by atoms with Gasteiger partial charge in [0, 0.05) is 57.1 Å². The quantitative estimate of drug-likeness (QED) is 0.674. The standard InChI is InChI=1S/C19H20N6O/c26-13-23-6-8-24(9-7-23)19-20-11-15(12-21-19)14-3-4-16-17(10-14)25-5-1-2-18(25)22-16/h3-4,10-13H,1-2,5-9H2. The van der Waals surface area contributed by atoms with Crippen molar-refractivity contribution in [3.05, 3.63) is 36.4 Å². The Morgan fingerprint density at radius 2 is 1.77 bits per heavy atom. The van der Waals surface area contributed by atoms with Crippen LogP contribution in [0.15, 0.2) is 30.6 Å². The molecule has 5 rings (SSSR count). The third-order valence-electron chi connectivity index (χ3n) is 5.33. The molecule has 2 aliphatic rings. The SMILES string of the molecule is O=CN1CCN(c2ncc(-c3ccc4nc5n(c4c3)CCC5)cn2)CC1. The Kier molecular flexibility index (Phi) is 3.58. The summed E-state index contributed by atoms with van der Waals surface area (Å²) in [5, 5.41) is 0. The molecule has 1 aromatic carbocycles. The van der Waals surface area contributed by atoms with Gasteiger partial charge in [0.05, 0.1) is 11.0 Å². The number of rotatable bonds is 3. The van der Waals surface area contributed by atoms with E-state index in [2.05, 4.69) is 37.6 Å². The molecule has 4 heterocycles. The number of fused-ring (bicyclic) bond motifs is 3. The van der Waals surface area contributed by atoms with Crippen LogP contribution in [0.2, 0.25) is 0 Å². The fourth-order valence-corrected chi connectivity index (χ4v) is 3.85. The van der Waals surface area contributed by atoms with Crippen LogP contribution in [0.25, 0.3) is 22.2 Å². The molecule has 0 spiro atoms. The van der Waals surface area contributed by atoms with Crippen molar-refractivity contribution >= 4 is 23.4 Å². The molecule has 1 fully saturated rings. The van der Waals surface area contributed by atoms with Crippen molar-refractivity contribution in [3.63, 3.8) is 0 Å². The Labute approximate surface area is 151 Å². The average Bonchev–Trinajstić information content (AvgIpc) is 3.29. The Bertz CT molecular complexity index is 956. The summed E-state index contributed by atoms with van der Waals surface area (Å²) >= 11 is 0. The smallest absolute Gasteiger partial charge is 0.225 e. The van der Waals surface area contributed by atoms with Crippen LogP contribution in [0.4, 0.5) is 5.95 Å². The molecule has 132 valence electrons. The Balaban J connectivity index is 1.40. The lowest BCUT2D eigenvalue weighted by atomic mass is 10.1. The van der Waals surface area contributed by atoms with Gasteiger partial charge in [-0.05, 0) is 24.1 Å². The number of amides is 1. The summed E-state index contributed by atoms with van der Waals surface area (Å²) in [5.41, 5.74) is 4.39. The average molecular weight is 348 g/mol. The monoisotopic (exact) mass is 348 g/mol. The summed E-state index contributed by atoms with van der Waals surface area (Å²) in [5.74, 6) is 1.92. The second-order valence-electron chi connectivity index (χ2n) is 6.89. The van der Waals surface area contributed by atoms with Gasteiger partial charge in [0.1, 0.15) is 5.82 Å². The molecule has 2 aromatic heterocycles. The zero-order valence-corrected chi connectivity index (χ0v) is 14.5. The van der Waals surface area contributed by atoms with Gasteiger partial charge in [-0.3, -0.25) is 4.79 Å². The van der Waals surface area contributed by atoms with E-state index >= 15 is 0 Å². The topological polar surface area (TPSA) is 67.2 Å². The second kappa shape index (κ2) is 6.09. The minimum atomic E-state index is 0.720. The van der Waals surface area contributed by atoms with Crippen LogP contribution in [0.5, 0.6) is 0 Å². The first-order chi connectivity index (χ1) is 12.8. The second-order valence-corrected chi connectivity index (χ2v) is 6.89.